The zero-order valence-electron chi connectivity index (χ0n) is 15.3. The lowest BCUT2D eigenvalue weighted by Gasteiger charge is -2.18. The van der Waals surface area contributed by atoms with Gasteiger partial charge in [-0.3, -0.25) is 0 Å². The summed E-state index contributed by atoms with van der Waals surface area (Å²) in [5.74, 6) is 0.358. The minimum Gasteiger partial charge on any atom is -0.412 e. The molecule has 0 aromatic heterocycles. The fourth-order valence-corrected chi connectivity index (χ4v) is 3.07. The molecule has 0 saturated carbocycles. The summed E-state index contributed by atoms with van der Waals surface area (Å²) in [7, 11) is 0. The predicted molar refractivity (Wildman–Crippen MR) is 101 cm³/mol. The first-order valence-electron chi connectivity index (χ1n) is 9.46. The van der Waals surface area contributed by atoms with Crippen LogP contribution in [0.4, 0.5) is 0 Å². The molecule has 2 heteroatoms. The summed E-state index contributed by atoms with van der Waals surface area (Å²) in [5, 5.41) is 10.3. The van der Waals surface area contributed by atoms with Gasteiger partial charge < -0.3 is 10.6 Å². The lowest BCUT2D eigenvalue weighted by molar-refractivity contribution is 0.104. The molecular formula is C21H38O2. The van der Waals surface area contributed by atoms with Crippen molar-refractivity contribution in [3.63, 3.8) is 0 Å². The quantitative estimate of drug-likeness (QED) is 0.491. The summed E-state index contributed by atoms with van der Waals surface area (Å²) < 4.78 is 0. The van der Waals surface area contributed by atoms with E-state index in [4.69, 9.17) is 0 Å². The minimum atomic E-state index is -0.148. The minimum absolute atomic E-state index is 0. The summed E-state index contributed by atoms with van der Waals surface area (Å²) in [6.07, 6.45) is 13.9. The van der Waals surface area contributed by atoms with Crippen LogP contribution in [-0.4, -0.2) is 16.7 Å². The molecule has 0 saturated heterocycles. The average molecular weight is 323 g/mol. The second-order valence-corrected chi connectivity index (χ2v) is 6.85. The van der Waals surface area contributed by atoms with Crippen molar-refractivity contribution in [2.24, 2.45) is 5.92 Å². The highest BCUT2D eigenvalue weighted by molar-refractivity contribution is 5.15. The summed E-state index contributed by atoms with van der Waals surface area (Å²) in [6.45, 7) is 4.44. The molecular weight excluding hydrogens is 284 g/mol. The van der Waals surface area contributed by atoms with E-state index in [1.807, 2.05) is 6.07 Å². The molecule has 0 heterocycles. The molecule has 0 fully saturated rings. The van der Waals surface area contributed by atoms with E-state index in [2.05, 4.69) is 38.1 Å². The van der Waals surface area contributed by atoms with Crippen LogP contribution in [0.15, 0.2) is 30.3 Å². The van der Waals surface area contributed by atoms with Crippen LogP contribution in [0.2, 0.25) is 0 Å². The van der Waals surface area contributed by atoms with Crippen LogP contribution in [0.5, 0.6) is 0 Å². The van der Waals surface area contributed by atoms with Gasteiger partial charge in [-0.2, -0.15) is 0 Å². The van der Waals surface area contributed by atoms with Crippen molar-refractivity contribution in [3.8, 4) is 0 Å². The summed E-state index contributed by atoms with van der Waals surface area (Å²) in [6, 6.07) is 10.5. The van der Waals surface area contributed by atoms with E-state index in [1.54, 1.807) is 0 Å². The Morgan fingerprint density at radius 2 is 1.35 bits per heavy atom. The third-order valence-corrected chi connectivity index (χ3v) is 4.66. The van der Waals surface area contributed by atoms with Crippen molar-refractivity contribution in [2.75, 3.05) is 0 Å². The average Bonchev–Trinajstić information content (AvgIpc) is 2.54. The SMILES string of the molecule is CCCCCCCCCCCC(O)C(C)Cc1ccccc1.O. The molecule has 2 nitrogen and oxygen atoms in total. The number of hydrogen-bond donors (Lipinski definition) is 1. The molecule has 0 bridgehead atoms. The predicted octanol–water partition coefficient (Wildman–Crippen LogP) is 5.32. The molecule has 134 valence electrons. The molecule has 23 heavy (non-hydrogen) atoms. The monoisotopic (exact) mass is 322 g/mol. The summed E-state index contributed by atoms with van der Waals surface area (Å²) in [5.41, 5.74) is 1.33. The van der Waals surface area contributed by atoms with E-state index in [1.165, 1.54) is 63.4 Å². The Balaban J connectivity index is 0.00000484. The van der Waals surface area contributed by atoms with Crippen molar-refractivity contribution in [2.45, 2.75) is 90.6 Å². The number of aliphatic hydroxyl groups excluding tert-OH is 1. The van der Waals surface area contributed by atoms with E-state index < -0.39 is 0 Å². The normalized spacial score (nSPS) is 13.3. The highest BCUT2D eigenvalue weighted by Crippen LogP contribution is 2.17. The van der Waals surface area contributed by atoms with Gasteiger partial charge in [0.2, 0.25) is 0 Å². The van der Waals surface area contributed by atoms with Gasteiger partial charge in [0, 0.05) is 0 Å². The van der Waals surface area contributed by atoms with Gasteiger partial charge in [0.25, 0.3) is 0 Å². The maximum atomic E-state index is 10.3. The van der Waals surface area contributed by atoms with Gasteiger partial charge in [-0.15, -0.1) is 0 Å². The lowest BCUT2D eigenvalue weighted by atomic mass is 9.92. The molecule has 0 aliphatic carbocycles. The van der Waals surface area contributed by atoms with E-state index in [0.29, 0.717) is 5.92 Å². The van der Waals surface area contributed by atoms with E-state index >= 15 is 0 Å². The molecule has 2 atom stereocenters. The molecule has 0 aliphatic rings. The van der Waals surface area contributed by atoms with Crippen LogP contribution in [0.3, 0.4) is 0 Å². The van der Waals surface area contributed by atoms with Crippen LogP contribution in [0, 0.1) is 5.92 Å². The van der Waals surface area contributed by atoms with Crippen molar-refractivity contribution in [1.29, 1.82) is 0 Å². The maximum absolute atomic E-state index is 10.3. The van der Waals surface area contributed by atoms with E-state index in [0.717, 1.165) is 12.8 Å². The lowest BCUT2D eigenvalue weighted by Crippen LogP contribution is -2.19. The smallest absolute Gasteiger partial charge is 0.0568 e. The first-order valence-corrected chi connectivity index (χ1v) is 9.46. The molecule has 0 aliphatic heterocycles. The van der Waals surface area contributed by atoms with Crippen molar-refractivity contribution >= 4 is 0 Å². The molecule has 0 spiro atoms. The number of aliphatic hydroxyl groups is 1. The Kier molecular flexibility index (Phi) is 14.2. The fourth-order valence-electron chi connectivity index (χ4n) is 3.07. The second-order valence-electron chi connectivity index (χ2n) is 6.85. The first kappa shape index (κ1) is 22.1. The standard InChI is InChI=1S/C21H36O.H2O/c1-3-4-5-6-7-8-9-10-14-17-21(22)19(2)18-20-15-12-11-13-16-20;/h11-13,15-16,19,21-22H,3-10,14,17-18H2,1-2H3;1H2. The van der Waals surface area contributed by atoms with Crippen molar-refractivity contribution in [3.05, 3.63) is 35.9 Å². The van der Waals surface area contributed by atoms with Gasteiger partial charge in [-0.25, -0.2) is 0 Å². The second kappa shape index (κ2) is 14.7. The Morgan fingerprint density at radius 1 is 0.826 bits per heavy atom. The van der Waals surface area contributed by atoms with Gasteiger partial charge in [0.15, 0.2) is 0 Å². The third kappa shape index (κ3) is 11.3. The summed E-state index contributed by atoms with van der Waals surface area (Å²) >= 11 is 0. The fraction of sp³-hybridized carbons (Fsp3) is 0.714. The number of rotatable bonds is 13. The highest BCUT2D eigenvalue weighted by Gasteiger charge is 2.14. The largest absolute Gasteiger partial charge is 0.412 e. The highest BCUT2D eigenvalue weighted by atomic mass is 16.3. The van der Waals surface area contributed by atoms with Crippen molar-refractivity contribution < 1.29 is 10.6 Å². The van der Waals surface area contributed by atoms with E-state index in [-0.39, 0.29) is 11.6 Å². The zero-order valence-corrected chi connectivity index (χ0v) is 15.3. The van der Waals surface area contributed by atoms with Gasteiger partial charge in [-0.1, -0.05) is 102 Å². The van der Waals surface area contributed by atoms with Crippen molar-refractivity contribution in [1.82, 2.24) is 0 Å². The maximum Gasteiger partial charge on any atom is 0.0568 e. The van der Waals surface area contributed by atoms with Crippen LogP contribution in [-0.2, 0) is 6.42 Å². The van der Waals surface area contributed by atoms with Gasteiger partial charge in [0.1, 0.15) is 0 Å². The van der Waals surface area contributed by atoms with E-state index in [9.17, 15) is 5.11 Å². The molecule has 0 amide bonds. The number of benzene rings is 1. The Bertz CT molecular complexity index is 350. The molecule has 1 rings (SSSR count). The zero-order chi connectivity index (χ0) is 16.0. The Labute approximate surface area is 143 Å². The molecule has 2 unspecified atom stereocenters. The van der Waals surface area contributed by atoms with Crippen LogP contribution in [0.1, 0.15) is 83.6 Å². The number of unbranched alkanes of at least 4 members (excludes halogenated alkanes) is 8. The van der Waals surface area contributed by atoms with Gasteiger partial charge in [-0.05, 0) is 24.3 Å². The molecule has 1 aromatic rings. The molecule has 1 aromatic carbocycles. The first-order chi connectivity index (χ1) is 10.7. The van der Waals surface area contributed by atoms with Crippen LogP contribution in [0.25, 0.3) is 0 Å². The Hall–Kier alpha value is -0.860. The molecule has 3 N–H and O–H groups in total. The van der Waals surface area contributed by atoms with Gasteiger partial charge >= 0.3 is 0 Å². The molecule has 0 radical (unpaired) electrons. The summed E-state index contributed by atoms with van der Waals surface area (Å²) in [4.78, 5) is 0. The topological polar surface area (TPSA) is 51.7 Å². The van der Waals surface area contributed by atoms with Crippen LogP contribution >= 0.6 is 0 Å². The van der Waals surface area contributed by atoms with Gasteiger partial charge in [0.05, 0.1) is 6.10 Å². The third-order valence-electron chi connectivity index (χ3n) is 4.66. The van der Waals surface area contributed by atoms with Crippen LogP contribution < -0.4 is 0 Å². The Morgan fingerprint density at radius 3 is 1.91 bits per heavy atom. The number of hydrogen-bond acceptors (Lipinski definition) is 1.